The maximum atomic E-state index is 11.3. The molecule has 72 valence electrons. The molecule has 0 aliphatic heterocycles. The zero-order chi connectivity index (χ0) is 9.84. The maximum Gasteiger partial charge on any atom is 0.272 e. The van der Waals surface area contributed by atoms with Gasteiger partial charge >= 0.3 is 0 Å². The van der Waals surface area contributed by atoms with Crippen LogP contribution < -0.4 is 0 Å². The quantitative estimate of drug-likeness (QED) is 0.482. The Morgan fingerprint density at radius 3 is 2.77 bits per heavy atom. The molecule has 1 fully saturated rings. The molecule has 13 heavy (non-hydrogen) atoms. The second-order valence-corrected chi connectivity index (χ2v) is 3.80. The lowest BCUT2D eigenvalue weighted by molar-refractivity contribution is -0.114. The van der Waals surface area contributed by atoms with Crippen LogP contribution in [-0.4, -0.2) is 12.1 Å². The Morgan fingerprint density at radius 1 is 1.69 bits per heavy atom. The lowest BCUT2D eigenvalue weighted by Gasteiger charge is -2.10. The van der Waals surface area contributed by atoms with Crippen molar-refractivity contribution in [1.82, 2.24) is 0 Å². The van der Waals surface area contributed by atoms with E-state index < -0.39 is 0 Å². The van der Waals surface area contributed by atoms with E-state index in [-0.39, 0.29) is 5.91 Å². The highest BCUT2D eigenvalue weighted by atomic mass is 16.1. The molecular formula is C11H17NO. The monoisotopic (exact) mass is 179 g/mol. The van der Waals surface area contributed by atoms with Crippen molar-refractivity contribution >= 4 is 12.1 Å². The fraction of sp³-hybridized carbons (Fsp3) is 0.636. The topological polar surface area (TPSA) is 29.4 Å². The molecule has 1 atom stereocenters. The second kappa shape index (κ2) is 4.35. The zero-order valence-corrected chi connectivity index (χ0v) is 8.42. The third kappa shape index (κ3) is 3.13. The Bertz CT molecular complexity index is 238. The van der Waals surface area contributed by atoms with Gasteiger partial charge in [0.15, 0.2) is 0 Å². The van der Waals surface area contributed by atoms with E-state index in [9.17, 15) is 4.79 Å². The SMILES string of the molecule is C=C(C(=O)N=CC)C(C)CC1CC1. The van der Waals surface area contributed by atoms with Crippen molar-refractivity contribution < 1.29 is 4.79 Å². The summed E-state index contributed by atoms with van der Waals surface area (Å²) in [7, 11) is 0. The molecular weight excluding hydrogens is 162 g/mol. The smallest absolute Gasteiger partial charge is 0.267 e. The van der Waals surface area contributed by atoms with Gasteiger partial charge in [-0.25, -0.2) is 4.99 Å². The fourth-order valence-electron chi connectivity index (χ4n) is 1.41. The molecule has 0 N–H and O–H groups in total. The van der Waals surface area contributed by atoms with Gasteiger partial charge in [-0.2, -0.15) is 0 Å². The lowest BCUT2D eigenvalue weighted by atomic mass is 9.96. The van der Waals surface area contributed by atoms with Crippen molar-refractivity contribution in [3.8, 4) is 0 Å². The van der Waals surface area contributed by atoms with Crippen LogP contribution in [0.2, 0.25) is 0 Å². The standard InChI is InChI=1S/C11H17NO/c1-4-12-11(13)9(3)8(2)7-10-5-6-10/h4,8,10H,3,5-7H2,1-2H3. The Morgan fingerprint density at radius 2 is 2.31 bits per heavy atom. The van der Waals surface area contributed by atoms with E-state index in [0.29, 0.717) is 11.5 Å². The van der Waals surface area contributed by atoms with Crippen molar-refractivity contribution in [2.45, 2.75) is 33.1 Å². The second-order valence-electron chi connectivity index (χ2n) is 3.80. The summed E-state index contributed by atoms with van der Waals surface area (Å²) in [5, 5.41) is 0. The molecule has 2 heteroatoms. The van der Waals surface area contributed by atoms with E-state index in [1.54, 1.807) is 6.92 Å². The Kier molecular flexibility index (Phi) is 3.40. The molecule has 0 spiro atoms. The molecule has 0 radical (unpaired) electrons. The van der Waals surface area contributed by atoms with Crippen molar-refractivity contribution in [3.63, 3.8) is 0 Å². The molecule has 0 aromatic rings. The average Bonchev–Trinajstić information content (AvgIpc) is 2.87. The van der Waals surface area contributed by atoms with E-state index in [2.05, 4.69) is 18.5 Å². The van der Waals surface area contributed by atoms with E-state index >= 15 is 0 Å². The summed E-state index contributed by atoms with van der Waals surface area (Å²) in [5.74, 6) is 0.976. The Hall–Kier alpha value is -0.920. The number of rotatable bonds is 4. The zero-order valence-electron chi connectivity index (χ0n) is 8.42. The van der Waals surface area contributed by atoms with Gasteiger partial charge < -0.3 is 0 Å². The molecule has 0 aromatic carbocycles. The number of carbonyl (C=O) groups excluding carboxylic acids is 1. The minimum atomic E-state index is -0.157. The predicted octanol–water partition coefficient (Wildman–Crippen LogP) is 2.60. The van der Waals surface area contributed by atoms with Crippen molar-refractivity contribution in [2.24, 2.45) is 16.8 Å². The highest BCUT2D eigenvalue weighted by Gasteiger charge is 2.26. The van der Waals surface area contributed by atoms with Crippen LogP contribution in [0, 0.1) is 11.8 Å². The summed E-state index contributed by atoms with van der Waals surface area (Å²) < 4.78 is 0. The number of carbonyl (C=O) groups is 1. The molecule has 1 rings (SSSR count). The first-order valence-electron chi connectivity index (χ1n) is 4.87. The number of hydrogen-bond donors (Lipinski definition) is 0. The van der Waals surface area contributed by atoms with Crippen LogP contribution in [0.4, 0.5) is 0 Å². The number of amides is 1. The van der Waals surface area contributed by atoms with Gasteiger partial charge in [0, 0.05) is 11.8 Å². The summed E-state index contributed by atoms with van der Waals surface area (Å²) in [6, 6.07) is 0. The minimum absolute atomic E-state index is 0.157. The third-order valence-corrected chi connectivity index (χ3v) is 2.50. The fourth-order valence-corrected chi connectivity index (χ4v) is 1.41. The molecule has 1 unspecified atom stereocenters. The van der Waals surface area contributed by atoms with Gasteiger partial charge in [-0.1, -0.05) is 26.3 Å². The minimum Gasteiger partial charge on any atom is -0.267 e. The van der Waals surface area contributed by atoms with Crippen molar-refractivity contribution in [1.29, 1.82) is 0 Å². The van der Waals surface area contributed by atoms with Gasteiger partial charge in [0.1, 0.15) is 0 Å². The van der Waals surface area contributed by atoms with Gasteiger partial charge in [0.05, 0.1) is 0 Å². The third-order valence-electron chi connectivity index (χ3n) is 2.50. The number of aliphatic imine (C=N–C) groups is 1. The highest BCUT2D eigenvalue weighted by Crippen LogP contribution is 2.36. The van der Waals surface area contributed by atoms with Crippen LogP contribution >= 0.6 is 0 Å². The summed E-state index contributed by atoms with van der Waals surface area (Å²) in [6.07, 6.45) is 5.27. The number of nitrogens with zero attached hydrogens (tertiary/aromatic N) is 1. The van der Waals surface area contributed by atoms with E-state index in [1.165, 1.54) is 19.1 Å². The molecule has 0 bridgehead atoms. The van der Waals surface area contributed by atoms with E-state index in [0.717, 1.165) is 12.3 Å². The first kappa shape index (κ1) is 10.2. The first-order valence-corrected chi connectivity index (χ1v) is 4.87. The van der Waals surface area contributed by atoms with Crippen LogP contribution in [0.5, 0.6) is 0 Å². The van der Waals surface area contributed by atoms with Crippen LogP contribution in [-0.2, 0) is 4.79 Å². The summed E-state index contributed by atoms with van der Waals surface area (Å²) in [5.41, 5.74) is 0.657. The molecule has 1 saturated carbocycles. The number of hydrogen-bond acceptors (Lipinski definition) is 1. The van der Waals surface area contributed by atoms with Gasteiger partial charge in [-0.3, -0.25) is 4.79 Å². The van der Waals surface area contributed by atoms with E-state index in [4.69, 9.17) is 0 Å². The highest BCUT2D eigenvalue weighted by molar-refractivity contribution is 5.97. The molecule has 0 saturated heterocycles. The maximum absolute atomic E-state index is 11.3. The van der Waals surface area contributed by atoms with Crippen LogP contribution in [0.3, 0.4) is 0 Å². The molecule has 1 aliphatic rings. The van der Waals surface area contributed by atoms with E-state index in [1.807, 2.05) is 0 Å². The van der Waals surface area contributed by atoms with Crippen LogP contribution in [0.25, 0.3) is 0 Å². The Balaban J connectivity index is 2.39. The molecule has 1 amide bonds. The van der Waals surface area contributed by atoms with Gasteiger partial charge in [0.2, 0.25) is 0 Å². The van der Waals surface area contributed by atoms with Crippen molar-refractivity contribution in [3.05, 3.63) is 12.2 Å². The predicted molar refractivity (Wildman–Crippen MR) is 54.8 cm³/mol. The Labute approximate surface area is 79.8 Å². The summed E-state index contributed by atoms with van der Waals surface area (Å²) in [6.45, 7) is 7.60. The summed E-state index contributed by atoms with van der Waals surface area (Å²) in [4.78, 5) is 15.0. The van der Waals surface area contributed by atoms with Crippen LogP contribution in [0.15, 0.2) is 17.1 Å². The summed E-state index contributed by atoms with van der Waals surface area (Å²) >= 11 is 0. The van der Waals surface area contributed by atoms with Crippen LogP contribution in [0.1, 0.15) is 33.1 Å². The first-order chi connectivity index (χ1) is 6.15. The average molecular weight is 179 g/mol. The van der Waals surface area contributed by atoms with Crippen molar-refractivity contribution in [2.75, 3.05) is 0 Å². The molecule has 1 aliphatic carbocycles. The molecule has 0 heterocycles. The van der Waals surface area contributed by atoms with Gasteiger partial charge in [0.25, 0.3) is 5.91 Å². The lowest BCUT2D eigenvalue weighted by Crippen LogP contribution is -2.08. The largest absolute Gasteiger partial charge is 0.272 e. The van der Waals surface area contributed by atoms with Gasteiger partial charge in [-0.05, 0) is 25.2 Å². The normalized spacial score (nSPS) is 18.9. The van der Waals surface area contributed by atoms with Gasteiger partial charge in [-0.15, -0.1) is 0 Å². The molecule has 0 aromatic heterocycles. The molecule has 2 nitrogen and oxygen atoms in total.